The number of rotatable bonds is 13. The molecule has 0 aliphatic heterocycles. The van der Waals surface area contributed by atoms with Gasteiger partial charge in [0.05, 0.1) is 33.0 Å². The zero-order chi connectivity index (χ0) is 14.3. The number of esters is 1. The minimum Gasteiger partial charge on any atom is -0.466 e. The van der Waals surface area contributed by atoms with E-state index in [0.717, 1.165) is 6.61 Å². The van der Waals surface area contributed by atoms with Crippen molar-refractivity contribution in [1.82, 2.24) is 0 Å². The molecule has 0 saturated heterocycles. The summed E-state index contributed by atoms with van der Waals surface area (Å²) in [4.78, 5) is 11.0. The van der Waals surface area contributed by atoms with Crippen molar-refractivity contribution in [2.75, 3.05) is 46.2 Å². The fourth-order valence-corrected chi connectivity index (χ4v) is 1.31. The summed E-state index contributed by atoms with van der Waals surface area (Å²) in [6, 6.07) is 0. The predicted molar refractivity (Wildman–Crippen MR) is 73.2 cm³/mol. The molecule has 0 aliphatic carbocycles. The van der Waals surface area contributed by atoms with Gasteiger partial charge in [-0.25, -0.2) is 0 Å². The summed E-state index contributed by atoms with van der Waals surface area (Å²) >= 11 is 0. The third-order valence-corrected chi connectivity index (χ3v) is 2.17. The first kappa shape index (κ1) is 18.4. The summed E-state index contributed by atoms with van der Waals surface area (Å²) in [6.45, 7) is 10.1. The third-order valence-electron chi connectivity index (χ3n) is 2.17. The molecule has 0 aromatic carbocycles. The van der Waals surface area contributed by atoms with E-state index in [-0.39, 0.29) is 5.97 Å². The van der Waals surface area contributed by atoms with Gasteiger partial charge in [-0.2, -0.15) is 0 Å². The van der Waals surface area contributed by atoms with Gasteiger partial charge in [0.25, 0.3) is 0 Å². The van der Waals surface area contributed by atoms with Crippen LogP contribution in [-0.4, -0.2) is 52.2 Å². The fourth-order valence-electron chi connectivity index (χ4n) is 1.31. The second kappa shape index (κ2) is 13.8. The second-order valence-electron chi connectivity index (χ2n) is 4.60. The molecule has 0 aromatic rings. The number of hydrogen-bond acceptors (Lipinski definition) is 5. The lowest BCUT2D eigenvalue weighted by Crippen LogP contribution is -2.12. The van der Waals surface area contributed by atoms with E-state index in [4.69, 9.17) is 18.9 Å². The second-order valence-corrected chi connectivity index (χ2v) is 4.60. The summed E-state index contributed by atoms with van der Waals surface area (Å²) in [6.07, 6.45) is 1.11. The van der Waals surface area contributed by atoms with Crippen molar-refractivity contribution in [3.05, 3.63) is 0 Å². The summed E-state index contributed by atoms with van der Waals surface area (Å²) in [5.74, 6) is 0.396. The monoisotopic (exact) mass is 276 g/mol. The minimum absolute atomic E-state index is 0.162. The van der Waals surface area contributed by atoms with Crippen LogP contribution in [0.15, 0.2) is 0 Å². The maximum atomic E-state index is 11.0. The molecule has 0 spiro atoms. The molecule has 5 nitrogen and oxygen atoms in total. The maximum absolute atomic E-state index is 11.0. The first-order chi connectivity index (χ1) is 9.16. The molecule has 0 rings (SSSR count). The molecule has 0 bridgehead atoms. The van der Waals surface area contributed by atoms with Crippen LogP contribution in [0.2, 0.25) is 0 Å². The summed E-state index contributed by atoms with van der Waals surface area (Å²) in [5, 5.41) is 0. The Kier molecular flexibility index (Phi) is 13.3. The standard InChI is InChI=1S/C14H28O5/c1-4-19-14(15)6-5-7-16-8-9-17-10-11-18-12-13(2)3/h13H,4-12H2,1-3H3. The SMILES string of the molecule is CCOC(=O)CCCOCCOCCOCC(C)C. The zero-order valence-corrected chi connectivity index (χ0v) is 12.5. The lowest BCUT2D eigenvalue weighted by atomic mass is 10.2. The summed E-state index contributed by atoms with van der Waals surface area (Å²) in [5.41, 5.74) is 0. The van der Waals surface area contributed by atoms with Gasteiger partial charge in [-0.1, -0.05) is 13.8 Å². The van der Waals surface area contributed by atoms with Gasteiger partial charge >= 0.3 is 5.97 Å². The van der Waals surface area contributed by atoms with Gasteiger partial charge in [0, 0.05) is 19.6 Å². The third kappa shape index (κ3) is 15.3. The molecule has 0 heterocycles. The van der Waals surface area contributed by atoms with Gasteiger partial charge in [0.2, 0.25) is 0 Å². The average molecular weight is 276 g/mol. The minimum atomic E-state index is -0.162. The lowest BCUT2D eigenvalue weighted by molar-refractivity contribution is -0.143. The van der Waals surface area contributed by atoms with Crippen LogP contribution in [0.5, 0.6) is 0 Å². The Labute approximate surface area is 116 Å². The van der Waals surface area contributed by atoms with Crippen LogP contribution < -0.4 is 0 Å². The number of carbonyl (C=O) groups is 1. The van der Waals surface area contributed by atoms with E-state index in [9.17, 15) is 4.79 Å². The summed E-state index contributed by atoms with van der Waals surface area (Å²) in [7, 11) is 0. The topological polar surface area (TPSA) is 54.0 Å². The van der Waals surface area contributed by atoms with E-state index in [0.29, 0.717) is 58.4 Å². The highest BCUT2D eigenvalue weighted by Gasteiger charge is 2.00. The highest BCUT2D eigenvalue weighted by atomic mass is 16.5. The molecule has 0 N–H and O–H groups in total. The van der Waals surface area contributed by atoms with Crippen molar-refractivity contribution in [2.45, 2.75) is 33.6 Å². The molecule has 0 unspecified atom stereocenters. The lowest BCUT2D eigenvalue weighted by Gasteiger charge is -2.08. The molecule has 0 radical (unpaired) electrons. The van der Waals surface area contributed by atoms with Crippen LogP contribution in [0.25, 0.3) is 0 Å². The van der Waals surface area contributed by atoms with Gasteiger partial charge in [0.1, 0.15) is 0 Å². The van der Waals surface area contributed by atoms with Crippen LogP contribution >= 0.6 is 0 Å². The average Bonchev–Trinajstić information content (AvgIpc) is 2.36. The Morgan fingerprint density at radius 3 is 2.11 bits per heavy atom. The molecule has 0 amide bonds. The van der Waals surface area contributed by atoms with Gasteiger partial charge in [-0.05, 0) is 19.3 Å². The van der Waals surface area contributed by atoms with Crippen LogP contribution in [0.3, 0.4) is 0 Å². The molecule has 5 heteroatoms. The number of carbonyl (C=O) groups excluding carboxylic acids is 1. The molecule has 19 heavy (non-hydrogen) atoms. The van der Waals surface area contributed by atoms with Gasteiger partial charge in [0.15, 0.2) is 0 Å². The van der Waals surface area contributed by atoms with Gasteiger partial charge in [-0.3, -0.25) is 4.79 Å². The van der Waals surface area contributed by atoms with Crippen LogP contribution in [-0.2, 0) is 23.7 Å². The van der Waals surface area contributed by atoms with Crippen LogP contribution in [0, 0.1) is 5.92 Å². The van der Waals surface area contributed by atoms with Gasteiger partial charge < -0.3 is 18.9 Å². The zero-order valence-electron chi connectivity index (χ0n) is 12.5. The van der Waals surface area contributed by atoms with Crippen LogP contribution in [0.1, 0.15) is 33.6 Å². The number of ether oxygens (including phenoxy) is 4. The Morgan fingerprint density at radius 2 is 1.53 bits per heavy atom. The molecule has 0 atom stereocenters. The molecule has 0 fully saturated rings. The Hall–Kier alpha value is -0.650. The quantitative estimate of drug-likeness (QED) is 0.380. The molecular weight excluding hydrogens is 248 g/mol. The highest BCUT2D eigenvalue weighted by molar-refractivity contribution is 5.69. The molecule has 114 valence electrons. The van der Waals surface area contributed by atoms with E-state index in [1.165, 1.54) is 0 Å². The molecule has 0 saturated carbocycles. The normalized spacial score (nSPS) is 10.9. The largest absolute Gasteiger partial charge is 0.466 e. The van der Waals surface area contributed by atoms with E-state index in [2.05, 4.69) is 13.8 Å². The van der Waals surface area contributed by atoms with Crippen molar-refractivity contribution in [3.63, 3.8) is 0 Å². The van der Waals surface area contributed by atoms with E-state index in [1.807, 2.05) is 0 Å². The Morgan fingerprint density at radius 1 is 0.947 bits per heavy atom. The molecular formula is C14H28O5. The van der Waals surface area contributed by atoms with E-state index >= 15 is 0 Å². The molecule has 0 aliphatic rings. The maximum Gasteiger partial charge on any atom is 0.305 e. The predicted octanol–water partition coefficient (Wildman–Crippen LogP) is 2.04. The fraction of sp³-hybridized carbons (Fsp3) is 0.929. The summed E-state index contributed by atoms with van der Waals surface area (Å²) < 4.78 is 20.9. The number of hydrogen-bond donors (Lipinski definition) is 0. The first-order valence-corrected chi connectivity index (χ1v) is 7.05. The van der Waals surface area contributed by atoms with E-state index in [1.54, 1.807) is 6.92 Å². The van der Waals surface area contributed by atoms with Crippen LogP contribution in [0.4, 0.5) is 0 Å². The Balaban J connectivity index is 3.05. The van der Waals surface area contributed by atoms with Crippen molar-refractivity contribution in [1.29, 1.82) is 0 Å². The molecule has 0 aromatic heterocycles. The first-order valence-electron chi connectivity index (χ1n) is 7.05. The van der Waals surface area contributed by atoms with Crippen molar-refractivity contribution < 1.29 is 23.7 Å². The van der Waals surface area contributed by atoms with Crippen molar-refractivity contribution in [3.8, 4) is 0 Å². The smallest absolute Gasteiger partial charge is 0.305 e. The van der Waals surface area contributed by atoms with E-state index < -0.39 is 0 Å². The van der Waals surface area contributed by atoms with Gasteiger partial charge in [-0.15, -0.1) is 0 Å². The van der Waals surface area contributed by atoms with Crippen molar-refractivity contribution in [2.24, 2.45) is 5.92 Å². The Bertz CT molecular complexity index is 206. The van der Waals surface area contributed by atoms with Crippen molar-refractivity contribution >= 4 is 5.97 Å². The highest BCUT2D eigenvalue weighted by Crippen LogP contribution is 1.94.